The molecule has 1 saturated heterocycles. The average molecular weight is 286 g/mol. The maximum absolute atomic E-state index is 12.0. The third kappa shape index (κ3) is 4.65. The van der Waals surface area contributed by atoms with Gasteiger partial charge in [-0.25, -0.2) is 0 Å². The van der Waals surface area contributed by atoms with E-state index >= 15 is 0 Å². The largest absolute Gasteiger partial charge is 0.385 e. The minimum atomic E-state index is 0.198. The minimum absolute atomic E-state index is 0.198. The Morgan fingerprint density at radius 3 is 2.95 bits per heavy atom. The summed E-state index contributed by atoms with van der Waals surface area (Å²) in [5, 5.41) is 6.55. The standard InChI is InChI=1S/C14H26N2O2S/c1-18-7-5-14(3-2-4-14)11-16-13(17)9-12-10-19-8-6-15-12/h12,15H,2-11H2,1H3,(H,16,17). The van der Waals surface area contributed by atoms with Crippen LogP contribution in [0.4, 0.5) is 0 Å². The summed E-state index contributed by atoms with van der Waals surface area (Å²) in [5.41, 5.74) is 0.320. The highest BCUT2D eigenvalue weighted by atomic mass is 32.2. The Hall–Kier alpha value is -0.260. The minimum Gasteiger partial charge on any atom is -0.385 e. The third-order valence-corrected chi connectivity index (χ3v) is 5.47. The molecule has 110 valence electrons. The number of rotatable bonds is 7. The van der Waals surface area contributed by atoms with Gasteiger partial charge >= 0.3 is 0 Å². The van der Waals surface area contributed by atoms with E-state index in [9.17, 15) is 4.79 Å². The van der Waals surface area contributed by atoms with Gasteiger partial charge in [-0.3, -0.25) is 4.79 Å². The molecule has 4 nitrogen and oxygen atoms in total. The molecule has 0 spiro atoms. The molecule has 0 bridgehead atoms. The lowest BCUT2D eigenvalue weighted by molar-refractivity contribution is -0.122. The van der Waals surface area contributed by atoms with Gasteiger partial charge in [0.2, 0.25) is 5.91 Å². The molecule has 19 heavy (non-hydrogen) atoms. The van der Waals surface area contributed by atoms with Gasteiger partial charge in [0.1, 0.15) is 0 Å². The van der Waals surface area contributed by atoms with E-state index in [1.807, 2.05) is 11.8 Å². The van der Waals surface area contributed by atoms with Crippen LogP contribution < -0.4 is 10.6 Å². The van der Waals surface area contributed by atoms with Crippen LogP contribution in [-0.4, -0.2) is 50.3 Å². The van der Waals surface area contributed by atoms with Gasteiger partial charge in [-0.1, -0.05) is 6.42 Å². The molecule has 1 aliphatic carbocycles. The quantitative estimate of drug-likeness (QED) is 0.743. The lowest BCUT2D eigenvalue weighted by Gasteiger charge is -2.42. The number of hydrogen-bond acceptors (Lipinski definition) is 4. The Kier molecular flexibility index (Phi) is 5.98. The summed E-state index contributed by atoms with van der Waals surface area (Å²) in [5.74, 6) is 2.42. The van der Waals surface area contributed by atoms with Crippen molar-refractivity contribution in [3.63, 3.8) is 0 Å². The zero-order chi connectivity index (χ0) is 13.6. The molecular weight excluding hydrogens is 260 g/mol. The second-order valence-corrected chi connectivity index (χ2v) is 6.95. The van der Waals surface area contributed by atoms with Gasteiger partial charge in [-0.15, -0.1) is 0 Å². The first kappa shape index (κ1) is 15.1. The van der Waals surface area contributed by atoms with Gasteiger partial charge in [0, 0.05) is 50.8 Å². The van der Waals surface area contributed by atoms with Crippen LogP contribution in [0.1, 0.15) is 32.1 Å². The maximum Gasteiger partial charge on any atom is 0.221 e. The van der Waals surface area contributed by atoms with Crippen molar-refractivity contribution < 1.29 is 9.53 Å². The van der Waals surface area contributed by atoms with Gasteiger partial charge in [-0.2, -0.15) is 11.8 Å². The van der Waals surface area contributed by atoms with Crippen molar-refractivity contribution in [2.24, 2.45) is 5.41 Å². The van der Waals surface area contributed by atoms with E-state index in [1.165, 1.54) is 19.3 Å². The number of amides is 1. The van der Waals surface area contributed by atoms with E-state index in [1.54, 1.807) is 7.11 Å². The molecule has 1 saturated carbocycles. The Morgan fingerprint density at radius 1 is 1.53 bits per heavy atom. The second-order valence-electron chi connectivity index (χ2n) is 5.80. The SMILES string of the molecule is COCCC1(CNC(=O)CC2CSCCN2)CCC1. The van der Waals surface area contributed by atoms with Crippen molar-refractivity contribution in [3.8, 4) is 0 Å². The molecular formula is C14H26N2O2S. The fourth-order valence-electron chi connectivity index (χ4n) is 2.84. The van der Waals surface area contributed by atoms with Crippen molar-refractivity contribution in [3.05, 3.63) is 0 Å². The molecule has 0 aromatic rings. The van der Waals surface area contributed by atoms with Crippen LogP contribution in [0.2, 0.25) is 0 Å². The topological polar surface area (TPSA) is 50.4 Å². The molecule has 2 N–H and O–H groups in total. The van der Waals surface area contributed by atoms with Crippen LogP contribution >= 0.6 is 11.8 Å². The molecule has 0 aromatic carbocycles. The Balaban J connectivity index is 1.66. The predicted octanol–water partition coefficient (Wildman–Crippen LogP) is 1.40. The van der Waals surface area contributed by atoms with Gasteiger partial charge in [-0.05, 0) is 24.7 Å². The average Bonchev–Trinajstić information content (AvgIpc) is 2.38. The van der Waals surface area contributed by atoms with E-state index in [4.69, 9.17) is 4.74 Å². The highest BCUT2D eigenvalue weighted by Crippen LogP contribution is 2.43. The van der Waals surface area contributed by atoms with Crippen LogP contribution in [0, 0.1) is 5.41 Å². The molecule has 0 aromatic heterocycles. The molecule has 2 rings (SSSR count). The summed E-state index contributed by atoms with van der Waals surface area (Å²) in [6, 6.07) is 0.357. The van der Waals surface area contributed by atoms with E-state index in [2.05, 4.69) is 10.6 Å². The predicted molar refractivity (Wildman–Crippen MR) is 79.5 cm³/mol. The highest BCUT2D eigenvalue weighted by Gasteiger charge is 2.36. The molecule has 0 radical (unpaired) electrons. The lowest BCUT2D eigenvalue weighted by Crippen LogP contribution is -2.46. The Bertz CT molecular complexity index is 289. The molecule has 2 fully saturated rings. The molecule has 2 aliphatic rings. The van der Waals surface area contributed by atoms with Gasteiger partial charge in [0.15, 0.2) is 0 Å². The number of hydrogen-bond donors (Lipinski definition) is 2. The zero-order valence-electron chi connectivity index (χ0n) is 11.9. The van der Waals surface area contributed by atoms with Gasteiger partial charge in [0.05, 0.1) is 0 Å². The first-order chi connectivity index (χ1) is 9.24. The Labute approximate surface area is 120 Å². The van der Waals surface area contributed by atoms with Gasteiger partial charge < -0.3 is 15.4 Å². The number of ether oxygens (including phenoxy) is 1. The monoisotopic (exact) mass is 286 g/mol. The molecule has 1 aliphatic heterocycles. The maximum atomic E-state index is 12.0. The van der Waals surface area contributed by atoms with Crippen molar-refractivity contribution in [2.45, 2.75) is 38.1 Å². The molecule has 1 amide bonds. The number of methoxy groups -OCH3 is 1. The first-order valence-corrected chi connectivity index (χ1v) is 8.46. The number of thioether (sulfide) groups is 1. The van der Waals surface area contributed by atoms with E-state index in [0.717, 1.165) is 37.6 Å². The fraction of sp³-hybridized carbons (Fsp3) is 0.929. The highest BCUT2D eigenvalue weighted by molar-refractivity contribution is 7.99. The lowest BCUT2D eigenvalue weighted by atomic mass is 9.66. The molecule has 1 unspecified atom stereocenters. The fourth-order valence-corrected chi connectivity index (χ4v) is 3.79. The van der Waals surface area contributed by atoms with Gasteiger partial charge in [0.25, 0.3) is 0 Å². The van der Waals surface area contributed by atoms with E-state index in [0.29, 0.717) is 17.9 Å². The summed E-state index contributed by atoms with van der Waals surface area (Å²) in [6.45, 7) is 2.66. The number of carbonyl (C=O) groups excluding carboxylic acids is 1. The third-order valence-electron chi connectivity index (χ3n) is 4.34. The van der Waals surface area contributed by atoms with Crippen molar-refractivity contribution in [1.82, 2.24) is 10.6 Å². The van der Waals surface area contributed by atoms with Crippen LogP contribution in [0.25, 0.3) is 0 Å². The molecule has 1 atom stereocenters. The smallest absolute Gasteiger partial charge is 0.221 e. The van der Waals surface area contributed by atoms with Crippen molar-refractivity contribution >= 4 is 17.7 Å². The van der Waals surface area contributed by atoms with Crippen LogP contribution in [0.15, 0.2) is 0 Å². The van der Waals surface area contributed by atoms with E-state index < -0.39 is 0 Å². The number of carbonyl (C=O) groups is 1. The first-order valence-electron chi connectivity index (χ1n) is 7.31. The Morgan fingerprint density at radius 2 is 2.37 bits per heavy atom. The van der Waals surface area contributed by atoms with Crippen LogP contribution in [0.3, 0.4) is 0 Å². The zero-order valence-corrected chi connectivity index (χ0v) is 12.7. The second kappa shape index (κ2) is 7.50. The number of nitrogens with one attached hydrogen (secondary N) is 2. The summed E-state index contributed by atoms with van der Waals surface area (Å²) in [4.78, 5) is 12.0. The summed E-state index contributed by atoms with van der Waals surface area (Å²) in [7, 11) is 1.75. The van der Waals surface area contributed by atoms with Crippen LogP contribution in [-0.2, 0) is 9.53 Å². The summed E-state index contributed by atoms with van der Waals surface area (Å²) in [6.07, 6.45) is 5.44. The summed E-state index contributed by atoms with van der Waals surface area (Å²) >= 11 is 1.94. The summed E-state index contributed by atoms with van der Waals surface area (Å²) < 4.78 is 5.18. The molecule has 5 heteroatoms. The van der Waals surface area contributed by atoms with Crippen LogP contribution in [0.5, 0.6) is 0 Å². The normalized spacial score (nSPS) is 25.6. The van der Waals surface area contributed by atoms with Crippen molar-refractivity contribution in [2.75, 3.05) is 38.3 Å². The van der Waals surface area contributed by atoms with Crippen molar-refractivity contribution in [1.29, 1.82) is 0 Å². The molecule has 1 heterocycles. The van der Waals surface area contributed by atoms with E-state index in [-0.39, 0.29) is 5.91 Å².